The zero-order valence-corrected chi connectivity index (χ0v) is 14.2. The van der Waals surface area contributed by atoms with E-state index in [1.54, 1.807) is 12.3 Å². The highest BCUT2D eigenvalue weighted by Gasteiger charge is 2.26. The second-order valence-corrected chi connectivity index (χ2v) is 6.38. The second-order valence-electron chi connectivity index (χ2n) is 6.38. The molecule has 6 nitrogen and oxygen atoms in total. The van der Waals surface area contributed by atoms with E-state index in [1.165, 1.54) is 0 Å². The number of hydrogen-bond acceptors (Lipinski definition) is 5. The molecule has 0 radical (unpaired) electrons. The molecule has 1 saturated heterocycles. The first-order chi connectivity index (χ1) is 11.7. The summed E-state index contributed by atoms with van der Waals surface area (Å²) in [5, 5.41) is 7.50. The van der Waals surface area contributed by atoms with E-state index in [1.807, 2.05) is 23.2 Å². The van der Waals surface area contributed by atoms with Gasteiger partial charge in [-0.2, -0.15) is 0 Å². The molecule has 0 unspecified atom stereocenters. The van der Waals surface area contributed by atoms with Gasteiger partial charge in [0.2, 0.25) is 5.76 Å². The molecule has 0 aliphatic carbocycles. The van der Waals surface area contributed by atoms with E-state index in [9.17, 15) is 4.79 Å². The average molecular weight is 328 g/mol. The van der Waals surface area contributed by atoms with Crippen LogP contribution in [0.2, 0.25) is 0 Å². The van der Waals surface area contributed by atoms with Crippen molar-refractivity contribution in [2.24, 2.45) is 0 Å². The lowest BCUT2D eigenvalue weighted by molar-refractivity contribution is 0.0676. The smallest absolute Gasteiger partial charge is 0.292 e. The highest BCUT2D eigenvalue weighted by molar-refractivity contribution is 5.91. The number of anilines is 1. The normalized spacial score (nSPS) is 16.8. The number of aromatic nitrogens is 2. The Bertz CT molecular complexity index is 663. The number of amides is 1. The molecule has 0 saturated carbocycles. The zero-order chi connectivity index (χ0) is 16.9. The highest BCUT2D eigenvalue weighted by Crippen LogP contribution is 2.21. The minimum Gasteiger partial charge on any atom is -0.381 e. The SMILES string of the molecule is CC[C@H](C)c1cc(C(=O)N2CCC(Nc3cccnc3)CC2)on1. The number of hydrogen-bond donors (Lipinski definition) is 1. The molecular weight excluding hydrogens is 304 g/mol. The Hall–Kier alpha value is -2.37. The summed E-state index contributed by atoms with van der Waals surface area (Å²) in [5.41, 5.74) is 1.88. The van der Waals surface area contributed by atoms with E-state index in [2.05, 4.69) is 29.3 Å². The number of pyridine rings is 1. The number of carbonyl (C=O) groups is 1. The lowest BCUT2D eigenvalue weighted by Crippen LogP contribution is -2.42. The largest absolute Gasteiger partial charge is 0.381 e. The summed E-state index contributed by atoms with van der Waals surface area (Å²) in [7, 11) is 0. The molecule has 0 aromatic carbocycles. The molecule has 0 bridgehead atoms. The topological polar surface area (TPSA) is 71.3 Å². The van der Waals surface area contributed by atoms with Crippen molar-refractivity contribution in [3.8, 4) is 0 Å². The van der Waals surface area contributed by atoms with Gasteiger partial charge in [0.25, 0.3) is 5.91 Å². The van der Waals surface area contributed by atoms with Crippen LogP contribution in [-0.2, 0) is 0 Å². The van der Waals surface area contributed by atoms with Crippen LogP contribution in [0.3, 0.4) is 0 Å². The van der Waals surface area contributed by atoms with Gasteiger partial charge in [0.15, 0.2) is 0 Å². The summed E-state index contributed by atoms with van der Waals surface area (Å²) in [6, 6.07) is 6.08. The van der Waals surface area contributed by atoms with Gasteiger partial charge in [-0.15, -0.1) is 0 Å². The Labute approximate surface area is 142 Å². The maximum absolute atomic E-state index is 12.6. The van der Waals surface area contributed by atoms with Crippen LogP contribution in [0.25, 0.3) is 0 Å². The van der Waals surface area contributed by atoms with E-state index < -0.39 is 0 Å². The van der Waals surface area contributed by atoms with Gasteiger partial charge in [0, 0.05) is 43.5 Å². The van der Waals surface area contributed by atoms with Crippen molar-refractivity contribution >= 4 is 11.6 Å². The molecule has 1 amide bonds. The molecule has 3 heterocycles. The quantitative estimate of drug-likeness (QED) is 0.912. The standard InChI is InChI=1S/C18H24N4O2/c1-3-13(2)16-11-17(24-21-16)18(23)22-9-6-14(7-10-22)20-15-5-4-8-19-12-15/h4-5,8,11-14,20H,3,6-7,9-10H2,1-2H3/t13-/m0/s1. The van der Waals surface area contributed by atoms with Crippen LogP contribution < -0.4 is 5.32 Å². The van der Waals surface area contributed by atoms with E-state index in [-0.39, 0.29) is 5.91 Å². The van der Waals surface area contributed by atoms with Crippen LogP contribution in [0.4, 0.5) is 5.69 Å². The number of carbonyl (C=O) groups excluding carboxylic acids is 1. The van der Waals surface area contributed by atoms with Crippen LogP contribution in [0.5, 0.6) is 0 Å². The molecule has 6 heteroatoms. The maximum atomic E-state index is 12.6. The minimum atomic E-state index is -0.0584. The predicted molar refractivity (Wildman–Crippen MR) is 92.0 cm³/mol. The monoisotopic (exact) mass is 328 g/mol. The fourth-order valence-electron chi connectivity index (χ4n) is 2.90. The third-order valence-electron chi connectivity index (χ3n) is 4.67. The fourth-order valence-corrected chi connectivity index (χ4v) is 2.90. The summed E-state index contributed by atoms with van der Waals surface area (Å²) in [6.45, 7) is 5.62. The fraction of sp³-hybridized carbons (Fsp3) is 0.500. The van der Waals surface area contributed by atoms with E-state index in [0.29, 0.717) is 17.7 Å². The molecule has 1 fully saturated rings. The first-order valence-corrected chi connectivity index (χ1v) is 8.59. The molecule has 0 spiro atoms. The summed E-state index contributed by atoms with van der Waals surface area (Å²) in [6.07, 6.45) is 6.38. The molecule has 2 aromatic rings. The number of piperidine rings is 1. The predicted octanol–water partition coefficient (Wildman–Crippen LogP) is 3.30. The molecule has 3 rings (SSSR count). The number of rotatable bonds is 5. The van der Waals surface area contributed by atoms with Gasteiger partial charge in [-0.3, -0.25) is 9.78 Å². The van der Waals surface area contributed by atoms with E-state index in [4.69, 9.17) is 4.52 Å². The van der Waals surface area contributed by atoms with Crippen LogP contribution in [0.15, 0.2) is 35.1 Å². The van der Waals surface area contributed by atoms with Crippen LogP contribution in [0.1, 0.15) is 55.3 Å². The minimum absolute atomic E-state index is 0.0584. The van der Waals surface area contributed by atoms with Crippen LogP contribution >= 0.6 is 0 Å². The van der Waals surface area contributed by atoms with Crippen molar-refractivity contribution in [1.29, 1.82) is 0 Å². The van der Waals surface area contributed by atoms with E-state index >= 15 is 0 Å². The Morgan fingerprint density at radius 3 is 2.92 bits per heavy atom. The molecule has 1 N–H and O–H groups in total. The third-order valence-corrected chi connectivity index (χ3v) is 4.67. The third kappa shape index (κ3) is 3.75. The van der Waals surface area contributed by atoms with Crippen molar-refractivity contribution in [2.75, 3.05) is 18.4 Å². The lowest BCUT2D eigenvalue weighted by Gasteiger charge is -2.32. The van der Waals surface area contributed by atoms with E-state index in [0.717, 1.165) is 43.7 Å². The molecular formula is C18H24N4O2. The Kier molecular flexibility index (Phi) is 5.13. The summed E-state index contributed by atoms with van der Waals surface area (Å²) in [5.74, 6) is 0.602. The van der Waals surface area contributed by atoms with Gasteiger partial charge < -0.3 is 14.7 Å². The molecule has 1 aliphatic rings. The number of nitrogens with one attached hydrogen (secondary N) is 1. The first kappa shape index (κ1) is 16.5. The summed E-state index contributed by atoms with van der Waals surface area (Å²) < 4.78 is 5.26. The Balaban J connectivity index is 1.54. The zero-order valence-electron chi connectivity index (χ0n) is 14.2. The van der Waals surface area contributed by atoms with Gasteiger partial charge in [0.1, 0.15) is 0 Å². The van der Waals surface area contributed by atoms with Gasteiger partial charge in [-0.1, -0.05) is 19.0 Å². The number of nitrogens with zero attached hydrogens (tertiary/aromatic N) is 3. The lowest BCUT2D eigenvalue weighted by atomic mass is 10.0. The molecule has 2 aromatic heterocycles. The Morgan fingerprint density at radius 2 is 2.25 bits per heavy atom. The molecule has 1 aliphatic heterocycles. The maximum Gasteiger partial charge on any atom is 0.292 e. The molecule has 24 heavy (non-hydrogen) atoms. The van der Waals surface area contributed by atoms with Gasteiger partial charge in [0.05, 0.1) is 11.4 Å². The Morgan fingerprint density at radius 1 is 1.46 bits per heavy atom. The van der Waals surface area contributed by atoms with Gasteiger partial charge in [-0.05, 0) is 31.4 Å². The molecule has 128 valence electrons. The van der Waals surface area contributed by atoms with Crippen molar-refractivity contribution < 1.29 is 9.32 Å². The van der Waals surface area contributed by atoms with Crippen molar-refractivity contribution in [1.82, 2.24) is 15.0 Å². The first-order valence-electron chi connectivity index (χ1n) is 8.59. The average Bonchev–Trinajstić information content (AvgIpc) is 3.12. The highest BCUT2D eigenvalue weighted by atomic mass is 16.5. The molecule has 1 atom stereocenters. The van der Waals surface area contributed by atoms with Crippen LogP contribution in [-0.4, -0.2) is 40.1 Å². The summed E-state index contributed by atoms with van der Waals surface area (Å²) >= 11 is 0. The number of likely N-dealkylation sites (tertiary alicyclic amines) is 1. The summed E-state index contributed by atoms with van der Waals surface area (Å²) in [4.78, 5) is 18.5. The van der Waals surface area contributed by atoms with Crippen LogP contribution in [0, 0.1) is 0 Å². The van der Waals surface area contributed by atoms with Crippen molar-refractivity contribution in [3.05, 3.63) is 42.0 Å². The van der Waals surface area contributed by atoms with Gasteiger partial charge >= 0.3 is 0 Å². The van der Waals surface area contributed by atoms with Crippen molar-refractivity contribution in [3.63, 3.8) is 0 Å². The van der Waals surface area contributed by atoms with Gasteiger partial charge in [-0.25, -0.2) is 0 Å². The van der Waals surface area contributed by atoms with Crippen molar-refractivity contribution in [2.45, 2.75) is 45.1 Å². The second kappa shape index (κ2) is 7.47.